The Bertz CT molecular complexity index is 334. The van der Waals surface area contributed by atoms with Crippen molar-refractivity contribution in [1.82, 2.24) is 5.32 Å². The van der Waals surface area contributed by atoms with Crippen molar-refractivity contribution in [2.45, 2.75) is 73.8 Å². The van der Waals surface area contributed by atoms with Gasteiger partial charge < -0.3 is 14.8 Å². The lowest BCUT2D eigenvalue weighted by molar-refractivity contribution is -0.144. The molecule has 0 spiro atoms. The summed E-state index contributed by atoms with van der Waals surface area (Å²) in [4.78, 5) is 21.5. The monoisotopic (exact) mass is 319 g/mol. The Kier molecular flexibility index (Phi) is 10.9. The standard InChI is InChI=1S/C10H19NO2.C5H10O2.C2H6.H2/c1-9(2,3)13-8(12)11-7-10(4)5-6-10;1-4(2)5(6)7-3;1-2;/h5-7H2,1-4H3,(H,11,12);4H,1-3H3;1-2H3;1H. The summed E-state index contributed by atoms with van der Waals surface area (Å²) in [6.07, 6.45) is 2.12. The first-order chi connectivity index (χ1) is 9.99. The van der Waals surface area contributed by atoms with Gasteiger partial charge in [0.05, 0.1) is 13.0 Å². The molecule has 134 valence electrons. The normalized spacial score (nSPS) is 14.6. The number of hydrogen-bond acceptors (Lipinski definition) is 4. The second-order valence-corrected chi connectivity index (χ2v) is 6.84. The van der Waals surface area contributed by atoms with Crippen LogP contribution in [0.1, 0.15) is 69.7 Å². The fourth-order valence-corrected chi connectivity index (χ4v) is 1.23. The maximum atomic E-state index is 11.2. The maximum absolute atomic E-state index is 11.2. The average molecular weight is 319 g/mol. The smallest absolute Gasteiger partial charge is 0.407 e. The summed E-state index contributed by atoms with van der Waals surface area (Å²) in [7, 11) is 1.39. The molecule has 22 heavy (non-hydrogen) atoms. The molecule has 5 heteroatoms. The van der Waals surface area contributed by atoms with Gasteiger partial charge in [-0.1, -0.05) is 34.6 Å². The number of carbonyl (C=O) groups is 2. The molecule has 1 rings (SSSR count). The molecule has 1 amide bonds. The Labute approximate surface area is 137 Å². The summed E-state index contributed by atoms with van der Waals surface area (Å²) in [5.41, 5.74) is -0.0502. The molecule has 0 bridgehead atoms. The lowest BCUT2D eigenvalue weighted by Gasteiger charge is -2.20. The molecular weight excluding hydrogens is 282 g/mol. The van der Waals surface area contributed by atoms with Crippen LogP contribution >= 0.6 is 0 Å². The number of amides is 1. The summed E-state index contributed by atoms with van der Waals surface area (Å²) in [6.45, 7) is 16.1. The van der Waals surface area contributed by atoms with E-state index < -0.39 is 5.60 Å². The summed E-state index contributed by atoms with van der Waals surface area (Å²) in [5.74, 6) is -0.148. The number of esters is 1. The lowest BCUT2D eigenvalue weighted by Crippen LogP contribution is -2.35. The predicted octanol–water partition coefficient (Wildman–Crippen LogP) is 4.40. The fourth-order valence-electron chi connectivity index (χ4n) is 1.23. The molecule has 0 heterocycles. The number of methoxy groups -OCH3 is 1. The number of hydrogen-bond donors (Lipinski definition) is 1. The molecule has 0 aromatic heterocycles. The van der Waals surface area contributed by atoms with E-state index in [1.54, 1.807) is 13.8 Å². The van der Waals surface area contributed by atoms with E-state index in [1.165, 1.54) is 20.0 Å². The van der Waals surface area contributed by atoms with Crippen molar-refractivity contribution < 1.29 is 20.5 Å². The number of nitrogens with one attached hydrogen (secondary N) is 1. The van der Waals surface area contributed by atoms with E-state index in [0.717, 1.165) is 6.54 Å². The number of alkyl carbamates (subject to hydrolysis) is 1. The van der Waals surface area contributed by atoms with Gasteiger partial charge in [-0.2, -0.15) is 0 Å². The Balaban J connectivity index is -0.000000345. The third-order valence-corrected chi connectivity index (χ3v) is 2.83. The van der Waals surface area contributed by atoms with Gasteiger partial charge in [0.1, 0.15) is 5.60 Å². The summed E-state index contributed by atoms with van der Waals surface area (Å²) >= 11 is 0. The number of ether oxygens (including phenoxy) is 2. The maximum Gasteiger partial charge on any atom is 0.407 e. The fraction of sp³-hybridized carbons (Fsp3) is 0.882. The summed E-state index contributed by atoms with van der Waals surface area (Å²) in [6, 6.07) is 0. The van der Waals surface area contributed by atoms with Crippen LogP contribution in [-0.4, -0.2) is 31.3 Å². The van der Waals surface area contributed by atoms with Crippen LogP contribution in [0.2, 0.25) is 0 Å². The molecular formula is C17H37NO4. The van der Waals surface area contributed by atoms with E-state index in [4.69, 9.17) is 4.74 Å². The van der Waals surface area contributed by atoms with Crippen molar-refractivity contribution in [3.8, 4) is 0 Å². The van der Waals surface area contributed by atoms with Gasteiger partial charge in [-0.05, 0) is 39.0 Å². The highest BCUT2D eigenvalue weighted by Crippen LogP contribution is 2.44. The van der Waals surface area contributed by atoms with E-state index in [9.17, 15) is 9.59 Å². The highest BCUT2D eigenvalue weighted by molar-refractivity contribution is 5.71. The zero-order valence-electron chi connectivity index (χ0n) is 15.8. The molecule has 5 nitrogen and oxygen atoms in total. The van der Waals surface area contributed by atoms with Gasteiger partial charge in [-0.15, -0.1) is 0 Å². The number of rotatable bonds is 3. The largest absolute Gasteiger partial charge is 0.469 e. The van der Waals surface area contributed by atoms with Crippen molar-refractivity contribution in [2.75, 3.05) is 13.7 Å². The molecule has 0 unspecified atom stereocenters. The molecule has 0 atom stereocenters. The molecule has 1 N–H and O–H groups in total. The van der Waals surface area contributed by atoms with Crippen molar-refractivity contribution in [1.29, 1.82) is 0 Å². The van der Waals surface area contributed by atoms with Gasteiger partial charge in [0.25, 0.3) is 0 Å². The van der Waals surface area contributed by atoms with Crippen LogP contribution in [0.25, 0.3) is 0 Å². The second-order valence-electron chi connectivity index (χ2n) is 6.84. The first kappa shape index (κ1) is 23.0. The minimum atomic E-state index is -0.394. The van der Waals surface area contributed by atoms with Crippen LogP contribution in [-0.2, 0) is 14.3 Å². The Hall–Kier alpha value is -1.26. The third-order valence-electron chi connectivity index (χ3n) is 2.83. The summed E-state index contributed by atoms with van der Waals surface area (Å²) in [5, 5.41) is 2.78. The second kappa shape index (κ2) is 10.5. The van der Waals surface area contributed by atoms with E-state index in [-0.39, 0.29) is 19.4 Å². The van der Waals surface area contributed by atoms with Gasteiger partial charge >= 0.3 is 12.1 Å². The molecule has 1 aliphatic carbocycles. The van der Waals surface area contributed by atoms with Gasteiger partial charge in [0.2, 0.25) is 0 Å². The molecule has 0 saturated heterocycles. The van der Waals surface area contributed by atoms with E-state index in [1.807, 2.05) is 34.6 Å². The highest BCUT2D eigenvalue weighted by Gasteiger charge is 2.37. The molecule has 1 fully saturated rings. The number of carbonyl (C=O) groups excluding carboxylic acids is 2. The van der Waals surface area contributed by atoms with Gasteiger partial charge in [0, 0.05) is 7.97 Å². The summed E-state index contributed by atoms with van der Waals surface area (Å²) < 4.78 is 9.48. The molecule has 1 aliphatic rings. The SMILES string of the molecule is CC.CC1(CNC(=O)OC(C)(C)C)CC1.COC(=O)C(C)C.[HH]. The predicted molar refractivity (Wildman–Crippen MR) is 91.9 cm³/mol. The van der Waals surface area contributed by atoms with Crippen LogP contribution in [0.4, 0.5) is 4.79 Å². The Morgan fingerprint density at radius 3 is 1.91 bits per heavy atom. The topological polar surface area (TPSA) is 64.6 Å². The van der Waals surface area contributed by atoms with Crippen molar-refractivity contribution in [3.63, 3.8) is 0 Å². The molecule has 0 aliphatic heterocycles. The van der Waals surface area contributed by atoms with Crippen molar-refractivity contribution in [3.05, 3.63) is 0 Å². The quantitative estimate of drug-likeness (QED) is 0.783. The minimum absolute atomic E-state index is 0. The zero-order valence-corrected chi connectivity index (χ0v) is 15.8. The van der Waals surface area contributed by atoms with E-state index >= 15 is 0 Å². The first-order valence-electron chi connectivity index (χ1n) is 8.04. The zero-order chi connectivity index (χ0) is 18.0. The van der Waals surface area contributed by atoms with Crippen LogP contribution in [0.3, 0.4) is 0 Å². The Morgan fingerprint density at radius 2 is 1.68 bits per heavy atom. The van der Waals surface area contributed by atoms with E-state index in [0.29, 0.717) is 5.41 Å². The molecule has 0 radical (unpaired) electrons. The molecule has 1 saturated carbocycles. The van der Waals surface area contributed by atoms with Crippen molar-refractivity contribution >= 4 is 12.1 Å². The minimum Gasteiger partial charge on any atom is -0.469 e. The highest BCUT2D eigenvalue weighted by atomic mass is 16.6. The molecule has 0 aromatic rings. The van der Waals surface area contributed by atoms with Crippen LogP contribution in [0, 0.1) is 11.3 Å². The van der Waals surface area contributed by atoms with E-state index in [2.05, 4.69) is 17.0 Å². The van der Waals surface area contributed by atoms with Gasteiger partial charge in [0.15, 0.2) is 0 Å². The Morgan fingerprint density at radius 1 is 1.23 bits per heavy atom. The third kappa shape index (κ3) is 13.7. The van der Waals surface area contributed by atoms with Crippen molar-refractivity contribution in [2.24, 2.45) is 11.3 Å². The molecule has 0 aromatic carbocycles. The average Bonchev–Trinajstić information content (AvgIpc) is 3.15. The lowest BCUT2D eigenvalue weighted by atomic mass is 10.1. The van der Waals surface area contributed by atoms with Crippen LogP contribution in [0.15, 0.2) is 0 Å². The van der Waals surface area contributed by atoms with Gasteiger partial charge in [-0.25, -0.2) is 4.79 Å². The first-order valence-corrected chi connectivity index (χ1v) is 8.04. The van der Waals surface area contributed by atoms with Crippen LogP contribution in [0.5, 0.6) is 0 Å². The van der Waals surface area contributed by atoms with Crippen LogP contribution < -0.4 is 5.32 Å². The van der Waals surface area contributed by atoms with Gasteiger partial charge in [-0.3, -0.25) is 4.79 Å².